The highest BCUT2D eigenvalue weighted by atomic mass is 35.5. The number of Topliss-reactive ketones (excluding diaryl/α,β-unsaturated/α-hetero) is 1. The van der Waals surface area contributed by atoms with Gasteiger partial charge in [-0.3, -0.25) is 9.59 Å². The van der Waals surface area contributed by atoms with Crippen LogP contribution in [0.15, 0.2) is 18.2 Å². The first-order chi connectivity index (χ1) is 9.43. The molecule has 1 aliphatic rings. The van der Waals surface area contributed by atoms with Crippen LogP contribution >= 0.6 is 11.6 Å². The summed E-state index contributed by atoms with van der Waals surface area (Å²) in [7, 11) is 0. The molecule has 0 aromatic heterocycles. The van der Waals surface area contributed by atoms with Gasteiger partial charge in [0.25, 0.3) is 0 Å². The van der Waals surface area contributed by atoms with Crippen LogP contribution < -0.4 is 0 Å². The van der Waals surface area contributed by atoms with Crippen molar-refractivity contribution in [3.63, 3.8) is 0 Å². The first-order valence-corrected chi connectivity index (χ1v) is 7.31. The van der Waals surface area contributed by atoms with Crippen LogP contribution in [0.3, 0.4) is 0 Å². The number of rotatable bonds is 5. The highest BCUT2D eigenvalue weighted by Gasteiger charge is 2.38. The molecule has 0 radical (unpaired) electrons. The molecule has 20 heavy (non-hydrogen) atoms. The normalized spacial score (nSPS) is 17.1. The maximum absolute atomic E-state index is 12.5. The van der Waals surface area contributed by atoms with Crippen LogP contribution in [0.5, 0.6) is 0 Å². The number of carbonyl (C=O) groups excluding carboxylic acids is 1. The van der Waals surface area contributed by atoms with E-state index >= 15 is 0 Å². The van der Waals surface area contributed by atoms with E-state index in [1.165, 1.54) is 0 Å². The molecule has 0 atom stereocenters. The Hall–Kier alpha value is -1.35. The van der Waals surface area contributed by atoms with E-state index in [0.717, 1.165) is 31.2 Å². The van der Waals surface area contributed by atoms with Gasteiger partial charge in [0.1, 0.15) is 0 Å². The van der Waals surface area contributed by atoms with Crippen LogP contribution in [0.1, 0.15) is 54.4 Å². The molecule has 2 rings (SSSR count). The van der Waals surface area contributed by atoms with E-state index in [1.54, 1.807) is 18.2 Å². The van der Waals surface area contributed by atoms with Crippen molar-refractivity contribution in [1.82, 2.24) is 0 Å². The Balaban J connectivity index is 2.20. The van der Waals surface area contributed by atoms with Crippen LogP contribution in [0.25, 0.3) is 0 Å². The predicted octanol–water partition coefficient (Wildman–Crippen LogP) is 4.26. The van der Waals surface area contributed by atoms with Crippen molar-refractivity contribution in [2.75, 3.05) is 0 Å². The molecule has 4 heteroatoms. The zero-order valence-corrected chi connectivity index (χ0v) is 12.4. The molecule has 3 nitrogen and oxygen atoms in total. The summed E-state index contributed by atoms with van der Waals surface area (Å²) in [6.45, 7) is 1.83. The van der Waals surface area contributed by atoms with Gasteiger partial charge in [-0.2, -0.15) is 0 Å². The quantitative estimate of drug-likeness (QED) is 0.826. The molecule has 1 saturated carbocycles. The third-order valence-corrected chi connectivity index (χ3v) is 4.70. The molecule has 1 aromatic carbocycles. The van der Waals surface area contributed by atoms with Crippen molar-refractivity contribution in [3.8, 4) is 0 Å². The first kappa shape index (κ1) is 15.0. The van der Waals surface area contributed by atoms with Crippen LogP contribution in [-0.4, -0.2) is 16.9 Å². The molecule has 1 fully saturated rings. The third-order valence-electron chi connectivity index (χ3n) is 4.29. The van der Waals surface area contributed by atoms with Crippen LogP contribution in [0.4, 0.5) is 0 Å². The Morgan fingerprint density at radius 3 is 2.50 bits per heavy atom. The fourth-order valence-corrected chi connectivity index (χ4v) is 3.38. The fourth-order valence-electron chi connectivity index (χ4n) is 3.21. The Morgan fingerprint density at radius 2 is 1.90 bits per heavy atom. The number of hydrogen-bond acceptors (Lipinski definition) is 2. The zero-order chi connectivity index (χ0) is 14.8. The monoisotopic (exact) mass is 294 g/mol. The van der Waals surface area contributed by atoms with Gasteiger partial charge in [0.2, 0.25) is 0 Å². The highest BCUT2D eigenvalue weighted by molar-refractivity contribution is 6.31. The lowest BCUT2D eigenvalue weighted by Gasteiger charge is -2.26. The van der Waals surface area contributed by atoms with Crippen LogP contribution in [-0.2, 0) is 4.79 Å². The lowest BCUT2D eigenvalue weighted by Crippen LogP contribution is -2.25. The van der Waals surface area contributed by atoms with Gasteiger partial charge in [-0.25, -0.2) is 0 Å². The molecule has 0 saturated heterocycles. The largest absolute Gasteiger partial charge is 0.481 e. The molecule has 0 amide bonds. The number of carboxylic acid groups (broad SMARTS) is 1. The summed E-state index contributed by atoms with van der Waals surface area (Å²) in [6.07, 6.45) is 4.05. The van der Waals surface area contributed by atoms with Gasteiger partial charge in [0, 0.05) is 17.0 Å². The van der Waals surface area contributed by atoms with E-state index in [1.807, 2.05) is 6.92 Å². The van der Waals surface area contributed by atoms with Crippen LogP contribution in [0.2, 0.25) is 5.02 Å². The Bertz CT molecular complexity index is 531. The zero-order valence-electron chi connectivity index (χ0n) is 11.6. The summed E-state index contributed by atoms with van der Waals surface area (Å²) in [5.41, 5.74) is 1.04. The van der Waals surface area contributed by atoms with Crippen molar-refractivity contribution >= 4 is 23.4 Å². The van der Waals surface area contributed by atoms with E-state index < -0.39 is 5.97 Å². The molecular weight excluding hydrogens is 276 g/mol. The number of halogens is 1. The van der Waals surface area contributed by atoms with Crippen molar-refractivity contribution in [3.05, 3.63) is 34.3 Å². The van der Waals surface area contributed by atoms with E-state index in [4.69, 9.17) is 16.7 Å². The minimum atomic E-state index is -0.817. The van der Waals surface area contributed by atoms with Gasteiger partial charge in [-0.05, 0) is 36.8 Å². The SMILES string of the molecule is Cc1c(Cl)cccc1C(=O)CC1(CC(=O)O)CCCC1. The number of ketones is 1. The molecule has 0 unspecified atom stereocenters. The second kappa shape index (κ2) is 5.96. The molecule has 1 aliphatic carbocycles. The Labute approximate surface area is 123 Å². The number of aliphatic carboxylic acids is 1. The summed E-state index contributed by atoms with van der Waals surface area (Å²) in [5.74, 6) is -0.810. The maximum atomic E-state index is 12.5. The van der Waals surface area contributed by atoms with E-state index in [-0.39, 0.29) is 17.6 Å². The van der Waals surface area contributed by atoms with Gasteiger partial charge in [0.05, 0.1) is 6.42 Å². The van der Waals surface area contributed by atoms with E-state index in [9.17, 15) is 9.59 Å². The molecule has 108 valence electrons. The van der Waals surface area contributed by atoms with Gasteiger partial charge < -0.3 is 5.11 Å². The summed E-state index contributed by atoms with van der Waals surface area (Å²) >= 11 is 6.05. The molecule has 0 heterocycles. The number of carbonyl (C=O) groups is 2. The standard InChI is InChI=1S/C16H19ClO3/c1-11-12(5-4-6-13(11)17)14(18)9-16(10-15(19)20)7-2-3-8-16/h4-6H,2-3,7-10H2,1H3,(H,19,20). The van der Waals surface area contributed by atoms with Gasteiger partial charge in [0.15, 0.2) is 5.78 Å². The molecule has 0 spiro atoms. The lowest BCUT2D eigenvalue weighted by atomic mass is 9.77. The predicted molar refractivity (Wildman–Crippen MR) is 78.3 cm³/mol. The average Bonchev–Trinajstić information content (AvgIpc) is 2.79. The summed E-state index contributed by atoms with van der Waals surface area (Å²) in [5, 5.41) is 9.67. The average molecular weight is 295 g/mol. The Kier molecular flexibility index (Phi) is 4.48. The van der Waals surface area contributed by atoms with Crippen molar-refractivity contribution in [2.24, 2.45) is 5.41 Å². The number of carboxylic acids is 1. The minimum absolute atomic E-state index is 0.00755. The molecule has 1 aromatic rings. The molecule has 0 aliphatic heterocycles. The summed E-state index contributed by atoms with van der Waals surface area (Å²) in [6, 6.07) is 5.30. The molecular formula is C16H19ClO3. The number of hydrogen-bond donors (Lipinski definition) is 1. The highest BCUT2D eigenvalue weighted by Crippen LogP contribution is 2.45. The van der Waals surface area contributed by atoms with Gasteiger partial charge >= 0.3 is 5.97 Å². The lowest BCUT2D eigenvalue weighted by molar-refractivity contribution is -0.139. The molecule has 0 bridgehead atoms. The summed E-state index contributed by atoms with van der Waals surface area (Å²) < 4.78 is 0. The van der Waals surface area contributed by atoms with Crippen molar-refractivity contribution < 1.29 is 14.7 Å². The number of benzene rings is 1. The second-order valence-corrected chi connectivity index (χ2v) is 6.20. The third kappa shape index (κ3) is 3.21. The van der Waals surface area contributed by atoms with E-state index in [2.05, 4.69) is 0 Å². The van der Waals surface area contributed by atoms with Crippen molar-refractivity contribution in [2.45, 2.75) is 45.4 Å². The Morgan fingerprint density at radius 1 is 1.25 bits per heavy atom. The second-order valence-electron chi connectivity index (χ2n) is 5.79. The summed E-state index contributed by atoms with van der Waals surface area (Å²) in [4.78, 5) is 23.6. The first-order valence-electron chi connectivity index (χ1n) is 6.94. The van der Waals surface area contributed by atoms with Gasteiger partial charge in [-0.1, -0.05) is 36.6 Å². The smallest absolute Gasteiger partial charge is 0.303 e. The van der Waals surface area contributed by atoms with Gasteiger partial charge in [-0.15, -0.1) is 0 Å². The topological polar surface area (TPSA) is 54.4 Å². The fraction of sp³-hybridized carbons (Fsp3) is 0.500. The van der Waals surface area contributed by atoms with E-state index in [0.29, 0.717) is 17.0 Å². The van der Waals surface area contributed by atoms with Crippen molar-refractivity contribution in [1.29, 1.82) is 0 Å². The maximum Gasteiger partial charge on any atom is 0.303 e. The molecule has 1 N–H and O–H groups in total. The minimum Gasteiger partial charge on any atom is -0.481 e. The van der Waals surface area contributed by atoms with Crippen LogP contribution in [0, 0.1) is 12.3 Å².